The SMILES string of the molecule is CC(CC1CC1(C=O)c1cn(-c2ccccc2)cn1)CN(C(=O)OC(C)(C)C)C(=O)OC(C)(C)C. The van der Waals surface area contributed by atoms with Crippen molar-refractivity contribution in [3.8, 4) is 5.69 Å². The summed E-state index contributed by atoms with van der Waals surface area (Å²) in [6.45, 7) is 12.6. The summed E-state index contributed by atoms with van der Waals surface area (Å²) in [5.74, 6) is 0.00585. The van der Waals surface area contributed by atoms with Crippen molar-refractivity contribution in [3.63, 3.8) is 0 Å². The maximum Gasteiger partial charge on any atom is 0.419 e. The summed E-state index contributed by atoms with van der Waals surface area (Å²) in [6.07, 6.45) is 4.48. The lowest BCUT2D eigenvalue weighted by atomic mass is 9.95. The number of carbonyl (C=O) groups is 3. The van der Waals surface area contributed by atoms with Crippen LogP contribution in [0.5, 0.6) is 0 Å². The molecular formula is C27H37N3O5. The van der Waals surface area contributed by atoms with Gasteiger partial charge in [0, 0.05) is 18.4 Å². The monoisotopic (exact) mass is 483 g/mol. The second-order valence-electron chi connectivity index (χ2n) is 11.5. The molecule has 2 aromatic rings. The molecule has 0 aliphatic heterocycles. The Kier molecular flexibility index (Phi) is 7.43. The molecule has 8 heteroatoms. The Hall–Kier alpha value is -3.16. The van der Waals surface area contributed by atoms with Crippen LogP contribution in [0, 0.1) is 11.8 Å². The summed E-state index contributed by atoms with van der Waals surface area (Å²) < 4.78 is 12.8. The number of hydrogen-bond donors (Lipinski definition) is 0. The first-order valence-corrected chi connectivity index (χ1v) is 12.0. The molecule has 2 amide bonds. The van der Waals surface area contributed by atoms with Gasteiger partial charge >= 0.3 is 12.2 Å². The minimum atomic E-state index is -0.749. The van der Waals surface area contributed by atoms with Gasteiger partial charge in [-0.25, -0.2) is 19.5 Å². The molecule has 3 atom stereocenters. The highest BCUT2D eigenvalue weighted by Crippen LogP contribution is 2.55. The molecule has 1 aliphatic rings. The highest BCUT2D eigenvalue weighted by molar-refractivity contribution is 5.88. The van der Waals surface area contributed by atoms with Crippen LogP contribution in [-0.4, -0.2) is 50.7 Å². The van der Waals surface area contributed by atoms with E-state index in [0.29, 0.717) is 12.8 Å². The molecule has 35 heavy (non-hydrogen) atoms. The first-order chi connectivity index (χ1) is 16.2. The maximum absolute atomic E-state index is 12.8. The first-order valence-electron chi connectivity index (χ1n) is 12.0. The Morgan fingerprint density at radius 2 is 1.69 bits per heavy atom. The highest BCUT2D eigenvalue weighted by Gasteiger charge is 2.57. The molecular weight excluding hydrogens is 446 g/mol. The molecule has 1 fully saturated rings. The highest BCUT2D eigenvalue weighted by atomic mass is 16.6. The van der Waals surface area contributed by atoms with Gasteiger partial charge in [-0.2, -0.15) is 0 Å². The Morgan fingerprint density at radius 3 is 2.20 bits per heavy atom. The molecule has 1 aromatic heterocycles. The van der Waals surface area contributed by atoms with E-state index in [1.165, 1.54) is 0 Å². The van der Waals surface area contributed by atoms with Gasteiger partial charge in [0.15, 0.2) is 0 Å². The molecule has 8 nitrogen and oxygen atoms in total. The van der Waals surface area contributed by atoms with Crippen molar-refractivity contribution in [2.45, 2.75) is 77.9 Å². The molecule has 0 radical (unpaired) electrons. The van der Waals surface area contributed by atoms with Crippen LogP contribution in [0.4, 0.5) is 9.59 Å². The van der Waals surface area contributed by atoms with E-state index in [-0.39, 0.29) is 18.4 Å². The van der Waals surface area contributed by atoms with Gasteiger partial charge in [0.05, 0.1) is 17.4 Å². The lowest BCUT2D eigenvalue weighted by Crippen LogP contribution is -2.45. The summed E-state index contributed by atoms with van der Waals surface area (Å²) in [7, 11) is 0. The normalized spacial score (nSPS) is 20.6. The van der Waals surface area contributed by atoms with Crippen molar-refractivity contribution in [2.75, 3.05) is 6.54 Å². The van der Waals surface area contributed by atoms with Crippen LogP contribution in [0.3, 0.4) is 0 Å². The standard InChI is InChI=1S/C27H37N3O5/c1-19(15-30(23(32)34-25(2,3)4)24(33)35-26(5,6)7)13-20-14-27(20,17-31)22-16-29(18-28-22)21-11-9-8-10-12-21/h8-12,16-20H,13-15H2,1-7H3. The van der Waals surface area contributed by atoms with Crippen molar-refractivity contribution in [1.29, 1.82) is 0 Å². The number of imide groups is 1. The zero-order valence-electron chi connectivity index (χ0n) is 21.8. The molecule has 3 rings (SSSR count). The number of benzene rings is 1. The van der Waals surface area contributed by atoms with Gasteiger partial charge in [-0.3, -0.25) is 0 Å². The Morgan fingerprint density at radius 1 is 1.11 bits per heavy atom. The summed E-state index contributed by atoms with van der Waals surface area (Å²) in [5, 5.41) is 0. The van der Waals surface area contributed by atoms with Crippen LogP contribution < -0.4 is 0 Å². The zero-order valence-corrected chi connectivity index (χ0v) is 21.8. The van der Waals surface area contributed by atoms with Gasteiger partial charge in [0.2, 0.25) is 0 Å². The fourth-order valence-electron chi connectivity index (χ4n) is 4.19. The Labute approximate surface area is 207 Å². The predicted molar refractivity (Wildman–Crippen MR) is 132 cm³/mol. The molecule has 0 spiro atoms. The van der Waals surface area contributed by atoms with E-state index < -0.39 is 28.8 Å². The van der Waals surface area contributed by atoms with E-state index in [1.807, 2.05) is 48.0 Å². The molecule has 0 saturated heterocycles. The summed E-state index contributed by atoms with van der Waals surface area (Å²) in [5.41, 5.74) is -0.424. The molecule has 1 aliphatic carbocycles. The fraction of sp³-hybridized carbons (Fsp3) is 0.556. The van der Waals surface area contributed by atoms with Crippen LogP contribution in [-0.2, 0) is 19.7 Å². The summed E-state index contributed by atoms with van der Waals surface area (Å²) in [6, 6.07) is 9.81. The quantitative estimate of drug-likeness (QED) is 0.481. The second kappa shape index (κ2) is 9.84. The van der Waals surface area contributed by atoms with E-state index in [4.69, 9.17) is 9.47 Å². The third-order valence-corrected chi connectivity index (χ3v) is 5.89. The third-order valence-electron chi connectivity index (χ3n) is 5.89. The van der Waals surface area contributed by atoms with Crippen molar-refractivity contribution in [1.82, 2.24) is 14.5 Å². The number of aldehydes is 1. The van der Waals surface area contributed by atoms with Crippen molar-refractivity contribution in [2.24, 2.45) is 11.8 Å². The number of imidazole rings is 1. The molecule has 1 saturated carbocycles. The van der Waals surface area contributed by atoms with Gasteiger partial charge in [0.1, 0.15) is 17.5 Å². The lowest BCUT2D eigenvalue weighted by molar-refractivity contribution is -0.110. The Balaban J connectivity index is 1.70. The van der Waals surface area contributed by atoms with Crippen LogP contribution in [0.25, 0.3) is 5.69 Å². The van der Waals surface area contributed by atoms with Gasteiger partial charge in [0.25, 0.3) is 0 Å². The van der Waals surface area contributed by atoms with E-state index in [1.54, 1.807) is 47.9 Å². The summed E-state index contributed by atoms with van der Waals surface area (Å²) >= 11 is 0. The van der Waals surface area contributed by atoms with Crippen molar-refractivity contribution < 1.29 is 23.9 Å². The van der Waals surface area contributed by atoms with E-state index in [0.717, 1.165) is 22.6 Å². The van der Waals surface area contributed by atoms with Crippen LogP contribution in [0.1, 0.15) is 67.0 Å². The molecule has 1 aromatic carbocycles. The zero-order chi connectivity index (χ0) is 26.0. The molecule has 190 valence electrons. The number of rotatable bonds is 7. The van der Waals surface area contributed by atoms with Gasteiger partial charge in [-0.1, -0.05) is 25.1 Å². The number of ether oxygens (including phenoxy) is 2. The van der Waals surface area contributed by atoms with Gasteiger partial charge in [-0.15, -0.1) is 0 Å². The molecule has 0 bridgehead atoms. The van der Waals surface area contributed by atoms with E-state index in [9.17, 15) is 14.4 Å². The smallest absolute Gasteiger partial charge is 0.419 e. The number of amides is 2. The number of nitrogens with zero attached hydrogens (tertiary/aromatic N) is 3. The van der Waals surface area contributed by atoms with E-state index >= 15 is 0 Å². The van der Waals surface area contributed by atoms with Gasteiger partial charge in [-0.05, 0) is 78.4 Å². The van der Waals surface area contributed by atoms with Crippen LogP contribution in [0.2, 0.25) is 0 Å². The average Bonchev–Trinajstić information content (AvgIpc) is 3.21. The predicted octanol–water partition coefficient (Wildman–Crippen LogP) is 5.53. The number of carbonyl (C=O) groups excluding carboxylic acids is 3. The maximum atomic E-state index is 12.8. The first kappa shape index (κ1) is 26.4. The third kappa shape index (κ3) is 6.71. The molecule has 3 unspecified atom stereocenters. The largest absolute Gasteiger partial charge is 0.443 e. The Bertz CT molecular complexity index is 1020. The number of aromatic nitrogens is 2. The number of para-hydroxylation sites is 1. The molecule has 0 N–H and O–H groups in total. The minimum absolute atomic E-state index is 0.0712. The average molecular weight is 484 g/mol. The van der Waals surface area contributed by atoms with Crippen molar-refractivity contribution >= 4 is 18.5 Å². The van der Waals surface area contributed by atoms with Crippen LogP contribution in [0.15, 0.2) is 42.9 Å². The number of hydrogen-bond acceptors (Lipinski definition) is 6. The summed E-state index contributed by atoms with van der Waals surface area (Å²) in [4.78, 5) is 43.3. The lowest BCUT2D eigenvalue weighted by Gasteiger charge is -2.30. The molecule has 1 heterocycles. The van der Waals surface area contributed by atoms with E-state index in [2.05, 4.69) is 4.98 Å². The van der Waals surface area contributed by atoms with Crippen molar-refractivity contribution in [3.05, 3.63) is 48.5 Å². The van der Waals surface area contributed by atoms with Gasteiger partial charge < -0.3 is 18.8 Å². The van der Waals surface area contributed by atoms with Crippen LogP contribution >= 0.6 is 0 Å². The topological polar surface area (TPSA) is 90.7 Å². The minimum Gasteiger partial charge on any atom is -0.443 e. The second-order valence-corrected chi connectivity index (χ2v) is 11.5. The fourth-order valence-corrected chi connectivity index (χ4v) is 4.19.